The Morgan fingerprint density at radius 2 is 2.20 bits per heavy atom. The lowest BCUT2D eigenvalue weighted by atomic mass is 10.2. The monoisotopic (exact) mass is 276 g/mol. The number of nitrogens with zero attached hydrogens (tertiary/aromatic N) is 1. The van der Waals surface area contributed by atoms with E-state index in [0.717, 1.165) is 31.2 Å². The molecule has 0 fully saturated rings. The number of hydrogen-bond donors (Lipinski definition) is 1. The average Bonchev–Trinajstić information content (AvgIpc) is 2.45. The zero-order valence-electron chi connectivity index (χ0n) is 11.7. The molecule has 0 aliphatic rings. The molecule has 108 valence electrons. The molecule has 0 saturated heterocycles. The van der Waals surface area contributed by atoms with Crippen molar-refractivity contribution in [1.29, 1.82) is 0 Å². The molecule has 0 aliphatic heterocycles. The summed E-state index contributed by atoms with van der Waals surface area (Å²) in [6, 6.07) is 7.11. The van der Waals surface area contributed by atoms with E-state index >= 15 is 0 Å². The van der Waals surface area contributed by atoms with Crippen LogP contribution < -0.4 is 5.32 Å². The summed E-state index contributed by atoms with van der Waals surface area (Å²) in [5.41, 5.74) is 1.45. The highest BCUT2D eigenvalue weighted by molar-refractivity contribution is 5.84. The second kappa shape index (κ2) is 9.75. The van der Waals surface area contributed by atoms with Gasteiger partial charge >= 0.3 is 6.09 Å². The Balaban J connectivity index is 2.35. The maximum absolute atomic E-state index is 11.6. The molecule has 0 spiro atoms. The van der Waals surface area contributed by atoms with Crippen LogP contribution in [0.2, 0.25) is 0 Å². The van der Waals surface area contributed by atoms with Gasteiger partial charge in [-0.2, -0.15) is 0 Å². The van der Waals surface area contributed by atoms with Crippen LogP contribution in [-0.4, -0.2) is 18.8 Å². The first kappa shape index (κ1) is 15.9. The fourth-order valence-electron chi connectivity index (χ4n) is 1.72. The van der Waals surface area contributed by atoms with Crippen molar-refractivity contribution in [2.45, 2.75) is 39.2 Å². The van der Waals surface area contributed by atoms with Gasteiger partial charge in [0.25, 0.3) is 0 Å². The Kier molecular flexibility index (Phi) is 7.77. The first-order valence-corrected chi connectivity index (χ1v) is 6.82. The van der Waals surface area contributed by atoms with E-state index in [4.69, 9.17) is 4.74 Å². The van der Waals surface area contributed by atoms with Crippen molar-refractivity contribution in [1.82, 2.24) is 0 Å². The lowest BCUT2D eigenvalue weighted by Gasteiger charge is -2.07. The molecule has 5 heteroatoms. The molecule has 0 saturated carbocycles. The minimum absolute atomic E-state index is 0.255. The summed E-state index contributed by atoms with van der Waals surface area (Å²) in [4.78, 5) is 25.1. The standard InChI is InChI=1S/C15H20N2O3/c1-2-3-4-5-9-20-15(19)17-14-8-6-7-13(10-14)11-16-12-18/h6-8,10H,2-5,9,11H2,1H3,(H,17,19). The van der Waals surface area contributed by atoms with E-state index in [2.05, 4.69) is 17.2 Å². The van der Waals surface area contributed by atoms with Gasteiger partial charge in [0, 0.05) is 5.69 Å². The second-order valence-corrected chi connectivity index (χ2v) is 4.43. The Morgan fingerprint density at radius 3 is 2.95 bits per heavy atom. The number of rotatable bonds is 8. The molecule has 0 heterocycles. The minimum atomic E-state index is -0.461. The number of nitrogens with one attached hydrogen (secondary N) is 1. The second-order valence-electron chi connectivity index (χ2n) is 4.43. The lowest BCUT2D eigenvalue weighted by molar-refractivity contribution is 0.159. The van der Waals surface area contributed by atoms with E-state index in [0.29, 0.717) is 12.3 Å². The van der Waals surface area contributed by atoms with E-state index in [-0.39, 0.29) is 6.54 Å². The van der Waals surface area contributed by atoms with Crippen molar-refractivity contribution in [3.05, 3.63) is 29.8 Å². The molecule has 0 radical (unpaired) electrons. The van der Waals surface area contributed by atoms with Gasteiger partial charge in [0.15, 0.2) is 0 Å². The summed E-state index contributed by atoms with van der Waals surface area (Å²) in [5.74, 6) is 0. The first-order chi connectivity index (χ1) is 9.76. The molecule has 5 nitrogen and oxygen atoms in total. The zero-order chi connectivity index (χ0) is 14.6. The van der Waals surface area contributed by atoms with Crippen molar-refractivity contribution in [3.8, 4) is 0 Å². The number of amides is 1. The number of carbonyl (C=O) groups excluding carboxylic acids is 2. The van der Waals surface area contributed by atoms with Crippen molar-refractivity contribution in [3.63, 3.8) is 0 Å². The minimum Gasteiger partial charge on any atom is -0.449 e. The number of hydrogen-bond acceptors (Lipinski definition) is 4. The van der Waals surface area contributed by atoms with Crippen LogP contribution in [0, 0.1) is 0 Å². The average molecular weight is 276 g/mol. The van der Waals surface area contributed by atoms with Crippen LogP contribution in [0.5, 0.6) is 0 Å². The Morgan fingerprint density at radius 1 is 1.35 bits per heavy atom. The van der Waals surface area contributed by atoms with Gasteiger partial charge < -0.3 is 4.74 Å². The number of ether oxygens (including phenoxy) is 1. The summed E-state index contributed by atoms with van der Waals surface area (Å²) in [5, 5.41) is 2.65. The van der Waals surface area contributed by atoms with Gasteiger partial charge in [-0.25, -0.2) is 14.6 Å². The Labute approximate surface area is 119 Å². The van der Waals surface area contributed by atoms with Crippen molar-refractivity contribution in [2.75, 3.05) is 11.9 Å². The smallest absolute Gasteiger partial charge is 0.411 e. The number of isocyanates is 1. The van der Waals surface area contributed by atoms with Crippen LogP contribution in [0.4, 0.5) is 10.5 Å². The predicted octanol–water partition coefficient (Wildman–Crippen LogP) is 3.65. The third kappa shape index (κ3) is 6.71. The van der Waals surface area contributed by atoms with Gasteiger partial charge in [-0.15, -0.1) is 0 Å². The van der Waals surface area contributed by atoms with Gasteiger partial charge in [0.2, 0.25) is 6.08 Å². The molecule has 0 unspecified atom stereocenters. The third-order valence-electron chi connectivity index (χ3n) is 2.73. The lowest BCUT2D eigenvalue weighted by Crippen LogP contribution is -2.14. The third-order valence-corrected chi connectivity index (χ3v) is 2.73. The molecular formula is C15H20N2O3. The molecule has 1 N–H and O–H groups in total. The number of benzene rings is 1. The Bertz CT molecular complexity index is 468. The molecule has 1 aromatic rings. The highest BCUT2D eigenvalue weighted by Gasteiger charge is 2.03. The van der Waals surface area contributed by atoms with Crippen LogP contribution in [0.15, 0.2) is 29.3 Å². The fraction of sp³-hybridized carbons (Fsp3) is 0.467. The van der Waals surface area contributed by atoms with Gasteiger partial charge in [-0.1, -0.05) is 38.3 Å². The molecule has 1 amide bonds. The summed E-state index contributed by atoms with van der Waals surface area (Å²) in [6.45, 7) is 2.82. The van der Waals surface area contributed by atoms with Crippen LogP contribution >= 0.6 is 0 Å². The van der Waals surface area contributed by atoms with E-state index in [1.165, 1.54) is 6.08 Å². The number of unbranched alkanes of at least 4 members (excludes halogenated alkanes) is 3. The predicted molar refractivity (Wildman–Crippen MR) is 77.4 cm³/mol. The van der Waals surface area contributed by atoms with E-state index in [9.17, 15) is 9.59 Å². The highest BCUT2D eigenvalue weighted by atomic mass is 16.5. The van der Waals surface area contributed by atoms with E-state index < -0.39 is 6.09 Å². The normalized spacial score (nSPS) is 9.65. The molecule has 1 aromatic carbocycles. The molecule has 0 aliphatic carbocycles. The number of anilines is 1. The van der Waals surface area contributed by atoms with Gasteiger partial charge in [-0.3, -0.25) is 5.32 Å². The molecule has 0 bridgehead atoms. The summed E-state index contributed by atoms with van der Waals surface area (Å²) in [7, 11) is 0. The van der Waals surface area contributed by atoms with Crippen LogP contribution in [0.3, 0.4) is 0 Å². The molecular weight excluding hydrogens is 256 g/mol. The molecule has 20 heavy (non-hydrogen) atoms. The molecule has 1 rings (SSSR count). The highest BCUT2D eigenvalue weighted by Crippen LogP contribution is 2.12. The van der Waals surface area contributed by atoms with Crippen LogP contribution in [0.1, 0.15) is 38.2 Å². The zero-order valence-corrected chi connectivity index (χ0v) is 11.7. The first-order valence-electron chi connectivity index (χ1n) is 6.82. The molecule has 0 atom stereocenters. The number of aliphatic imine (C=N–C) groups is 1. The topological polar surface area (TPSA) is 67.8 Å². The maximum atomic E-state index is 11.6. The SMILES string of the molecule is CCCCCCOC(=O)Nc1cccc(CN=C=O)c1. The van der Waals surface area contributed by atoms with Gasteiger partial charge in [0.05, 0.1) is 13.2 Å². The van der Waals surface area contributed by atoms with E-state index in [1.54, 1.807) is 18.2 Å². The number of carbonyl (C=O) groups is 1. The van der Waals surface area contributed by atoms with Crippen LogP contribution in [-0.2, 0) is 16.1 Å². The van der Waals surface area contributed by atoms with Gasteiger partial charge in [-0.05, 0) is 24.1 Å². The van der Waals surface area contributed by atoms with Crippen molar-refractivity contribution in [2.24, 2.45) is 4.99 Å². The van der Waals surface area contributed by atoms with Crippen molar-refractivity contribution < 1.29 is 14.3 Å². The van der Waals surface area contributed by atoms with Crippen molar-refractivity contribution >= 4 is 17.9 Å². The van der Waals surface area contributed by atoms with Crippen LogP contribution in [0.25, 0.3) is 0 Å². The summed E-state index contributed by atoms with van der Waals surface area (Å²) >= 11 is 0. The maximum Gasteiger partial charge on any atom is 0.411 e. The summed E-state index contributed by atoms with van der Waals surface area (Å²) < 4.78 is 5.08. The van der Waals surface area contributed by atoms with E-state index in [1.807, 2.05) is 6.07 Å². The Hall–Kier alpha value is -2.13. The van der Waals surface area contributed by atoms with Gasteiger partial charge in [0.1, 0.15) is 0 Å². The summed E-state index contributed by atoms with van der Waals surface area (Å²) in [6.07, 6.45) is 5.29. The quantitative estimate of drug-likeness (QED) is 0.447. The largest absolute Gasteiger partial charge is 0.449 e. The molecule has 0 aromatic heterocycles. The fourth-order valence-corrected chi connectivity index (χ4v) is 1.72.